The van der Waals surface area contributed by atoms with Crippen LogP contribution in [0.2, 0.25) is 0 Å². The molecule has 3 N–H and O–H groups in total. The molecule has 116 valence electrons. The first-order valence-corrected chi connectivity index (χ1v) is 8.20. The Labute approximate surface area is 124 Å². The fourth-order valence-corrected chi connectivity index (χ4v) is 3.05. The molecular weight excluding hydrogens is 292 g/mol. The summed E-state index contributed by atoms with van der Waals surface area (Å²) in [6, 6.07) is -0.433. The van der Waals surface area contributed by atoms with Crippen LogP contribution in [0.3, 0.4) is 0 Å². The zero-order valence-electron chi connectivity index (χ0n) is 12.1. The first-order valence-electron chi connectivity index (χ1n) is 6.71. The van der Waals surface area contributed by atoms with Crippen molar-refractivity contribution in [3.05, 3.63) is 30.6 Å². The predicted molar refractivity (Wildman–Crippen MR) is 78.1 cm³/mol. The summed E-state index contributed by atoms with van der Waals surface area (Å²) in [6.45, 7) is 3.26. The summed E-state index contributed by atoms with van der Waals surface area (Å²) in [5.41, 5.74) is 0. The average Bonchev–Trinajstić information content (AvgIpc) is 3.10. The van der Waals surface area contributed by atoms with E-state index in [2.05, 4.69) is 25.1 Å². The number of hydrogen-bond acceptors (Lipinski definition) is 5. The van der Waals surface area contributed by atoms with Gasteiger partial charge in [0, 0.05) is 25.1 Å². The lowest BCUT2D eigenvalue weighted by molar-refractivity contribution is 0.555. The van der Waals surface area contributed by atoms with E-state index in [9.17, 15) is 8.42 Å². The Hall–Kier alpha value is -1.71. The Bertz CT molecular complexity index is 649. The summed E-state index contributed by atoms with van der Waals surface area (Å²) in [5.74, 6) is 0.569. The third-order valence-electron chi connectivity index (χ3n) is 3.00. The van der Waals surface area contributed by atoms with E-state index in [0.717, 1.165) is 13.0 Å². The van der Waals surface area contributed by atoms with Gasteiger partial charge in [-0.05, 0) is 26.9 Å². The molecule has 1 atom stereocenters. The van der Waals surface area contributed by atoms with Gasteiger partial charge in [0.05, 0.1) is 12.2 Å². The van der Waals surface area contributed by atoms with Gasteiger partial charge >= 0.3 is 0 Å². The molecule has 1 unspecified atom stereocenters. The van der Waals surface area contributed by atoms with E-state index in [-0.39, 0.29) is 4.90 Å². The summed E-state index contributed by atoms with van der Waals surface area (Å²) in [7, 11) is -1.73. The Kier molecular flexibility index (Phi) is 5.10. The third kappa shape index (κ3) is 4.13. The molecule has 8 nitrogen and oxygen atoms in total. The predicted octanol–water partition coefficient (Wildman–Crippen LogP) is 0.255. The summed E-state index contributed by atoms with van der Waals surface area (Å²) in [4.78, 5) is 7.08. The van der Waals surface area contributed by atoms with Crippen LogP contribution in [-0.2, 0) is 16.6 Å². The molecule has 0 aliphatic heterocycles. The number of nitrogens with one attached hydrogen (secondary N) is 3. The Morgan fingerprint density at radius 1 is 1.48 bits per heavy atom. The second kappa shape index (κ2) is 6.83. The minimum absolute atomic E-state index is 0.158. The quantitative estimate of drug-likeness (QED) is 0.606. The second-order valence-corrected chi connectivity index (χ2v) is 6.43. The van der Waals surface area contributed by atoms with Crippen LogP contribution < -0.4 is 10.0 Å². The van der Waals surface area contributed by atoms with Gasteiger partial charge in [-0.2, -0.15) is 5.10 Å². The molecule has 21 heavy (non-hydrogen) atoms. The summed E-state index contributed by atoms with van der Waals surface area (Å²) in [5, 5.41) is 7.11. The lowest BCUT2D eigenvalue weighted by Gasteiger charge is -2.10. The maximum absolute atomic E-state index is 12.3. The van der Waals surface area contributed by atoms with Crippen molar-refractivity contribution >= 4 is 10.0 Å². The Morgan fingerprint density at radius 3 is 2.95 bits per heavy atom. The van der Waals surface area contributed by atoms with E-state index in [1.807, 2.05) is 7.05 Å². The van der Waals surface area contributed by atoms with Crippen molar-refractivity contribution < 1.29 is 8.42 Å². The number of nitrogens with zero attached hydrogens (tertiary/aromatic N) is 3. The van der Waals surface area contributed by atoms with Crippen LogP contribution in [0.1, 0.15) is 25.2 Å². The first kappa shape index (κ1) is 15.7. The molecule has 0 amide bonds. The highest BCUT2D eigenvalue weighted by molar-refractivity contribution is 7.89. The minimum Gasteiger partial charge on any atom is -0.347 e. The highest BCUT2D eigenvalue weighted by Crippen LogP contribution is 2.13. The molecule has 2 rings (SSSR count). The lowest BCUT2D eigenvalue weighted by Crippen LogP contribution is -2.27. The van der Waals surface area contributed by atoms with Crippen LogP contribution >= 0.6 is 0 Å². The molecule has 9 heteroatoms. The number of aromatic nitrogens is 4. The number of imidazole rings is 1. The van der Waals surface area contributed by atoms with Gasteiger partial charge in [0.2, 0.25) is 10.0 Å². The number of H-pyrrole nitrogens is 1. The normalized spacial score (nSPS) is 13.4. The summed E-state index contributed by atoms with van der Waals surface area (Å²) >= 11 is 0. The van der Waals surface area contributed by atoms with Gasteiger partial charge in [-0.15, -0.1) is 0 Å². The molecule has 2 heterocycles. The van der Waals surface area contributed by atoms with Crippen molar-refractivity contribution in [2.45, 2.75) is 30.8 Å². The maximum atomic E-state index is 12.3. The Balaban J connectivity index is 2.02. The molecule has 0 aromatic carbocycles. The maximum Gasteiger partial charge on any atom is 0.244 e. The third-order valence-corrected chi connectivity index (χ3v) is 4.49. The van der Waals surface area contributed by atoms with Crippen molar-refractivity contribution in [3.8, 4) is 0 Å². The average molecular weight is 312 g/mol. The van der Waals surface area contributed by atoms with E-state index in [0.29, 0.717) is 12.4 Å². The molecule has 2 aromatic rings. The number of hydrogen-bond donors (Lipinski definition) is 3. The first-order chi connectivity index (χ1) is 10.0. The molecule has 0 saturated heterocycles. The monoisotopic (exact) mass is 312 g/mol. The molecule has 0 saturated carbocycles. The van der Waals surface area contributed by atoms with Crippen LogP contribution in [-0.4, -0.2) is 41.8 Å². The van der Waals surface area contributed by atoms with Gasteiger partial charge in [-0.3, -0.25) is 4.68 Å². The van der Waals surface area contributed by atoms with Crippen LogP contribution in [0.15, 0.2) is 29.7 Å². The zero-order valence-corrected chi connectivity index (χ0v) is 12.9. The fraction of sp³-hybridized carbons (Fsp3) is 0.500. The summed E-state index contributed by atoms with van der Waals surface area (Å²) in [6.07, 6.45) is 7.01. The zero-order chi connectivity index (χ0) is 15.3. The van der Waals surface area contributed by atoms with Gasteiger partial charge in [0.15, 0.2) is 0 Å². The number of aromatic amines is 1. The highest BCUT2D eigenvalue weighted by Gasteiger charge is 2.21. The van der Waals surface area contributed by atoms with Crippen molar-refractivity contribution in [1.29, 1.82) is 0 Å². The molecule has 0 radical (unpaired) electrons. The van der Waals surface area contributed by atoms with Crippen LogP contribution in [0.5, 0.6) is 0 Å². The molecule has 0 spiro atoms. The molecule has 0 bridgehead atoms. The van der Waals surface area contributed by atoms with E-state index in [1.165, 1.54) is 12.4 Å². The van der Waals surface area contributed by atoms with Crippen LogP contribution in [0.4, 0.5) is 0 Å². The highest BCUT2D eigenvalue weighted by atomic mass is 32.2. The van der Waals surface area contributed by atoms with E-state index in [4.69, 9.17) is 0 Å². The van der Waals surface area contributed by atoms with Gasteiger partial charge in [0.25, 0.3) is 0 Å². The molecule has 0 aliphatic rings. The lowest BCUT2D eigenvalue weighted by atomic mass is 10.3. The van der Waals surface area contributed by atoms with E-state index < -0.39 is 16.1 Å². The number of rotatable bonds is 8. The Morgan fingerprint density at radius 2 is 2.29 bits per heavy atom. The second-order valence-electron chi connectivity index (χ2n) is 4.71. The standard InChI is InChI=1S/C12H20N6O2S/c1-10(12-14-5-6-15-12)17-21(19,20)11-8-16-18(9-11)7-3-4-13-2/h5-6,8-10,13,17H,3-4,7H2,1-2H3,(H,14,15). The topological polar surface area (TPSA) is 105 Å². The van der Waals surface area contributed by atoms with Crippen LogP contribution in [0.25, 0.3) is 0 Å². The van der Waals surface area contributed by atoms with Gasteiger partial charge in [0.1, 0.15) is 10.7 Å². The summed E-state index contributed by atoms with van der Waals surface area (Å²) < 4.78 is 28.7. The van der Waals surface area contributed by atoms with E-state index >= 15 is 0 Å². The molecule has 2 aromatic heterocycles. The van der Waals surface area contributed by atoms with E-state index in [1.54, 1.807) is 24.0 Å². The van der Waals surface area contributed by atoms with Gasteiger partial charge in [-0.1, -0.05) is 0 Å². The van der Waals surface area contributed by atoms with Gasteiger partial charge < -0.3 is 10.3 Å². The van der Waals surface area contributed by atoms with Crippen molar-refractivity contribution in [2.75, 3.05) is 13.6 Å². The van der Waals surface area contributed by atoms with Crippen LogP contribution in [0, 0.1) is 0 Å². The number of sulfonamides is 1. The minimum atomic E-state index is -3.60. The fourth-order valence-electron chi connectivity index (χ4n) is 1.89. The van der Waals surface area contributed by atoms with Crippen molar-refractivity contribution in [2.24, 2.45) is 0 Å². The van der Waals surface area contributed by atoms with Gasteiger partial charge in [-0.25, -0.2) is 18.1 Å². The SMILES string of the molecule is CNCCCn1cc(S(=O)(=O)NC(C)c2ncc[nH]2)cn1. The molecule has 0 fully saturated rings. The van der Waals surface area contributed by atoms with Crippen molar-refractivity contribution in [3.63, 3.8) is 0 Å². The molecule has 0 aliphatic carbocycles. The number of aryl methyl sites for hydroxylation is 1. The van der Waals surface area contributed by atoms with Crippen molar-refractivity contribution in [1.82, 2.24) is 29.8 Å². The molecular formula is C12H20N6O2S. The largest absolute Gasteiger partial charge is 0.347 e. The smallest absolute Gasteiger partial charge is 0.244 e.